The van der Waals surface area contributed by atoms with Gasteiger partial charge in [-0.25, -0.2) is 4.98 Å². The lowest BCUT2D eigenvalue weighted by atomic mass is 10.3. The molecule has 2 heterocycles. The first-order valence-electron chi connectivity index (χ1n) is 3.59. The Hall–Kier alpha value is -0.910. The van der Waals surface area contributed by atoms with E-state index in [1.54, 1.807) is 23.9 Å². The summed E-state index contributed by atoms with van der Waals surface area (Å²) in [5.74, 6) is 0. The summed E-state index contributed by atoms with van der Waals surface area (Å²) in [7, 11) is 0. The van der Waals surface area contributed by atoms with Crippen LogP contribution in [0.5, 0.6) is 0 Å². The van der Waals surface area contributed by atoms with Crippen molar-refractivity contribution < 1.29 is 5.11 Å². The van der Waals surface area contributed by atoms with Crippen molar-refractivity contribution in [2.45, 2.75) is 6.04 Å². The fourth-order valence-electron chi connectivity index (χ4n) is 1.01. The number of imidazole rings is 1. The number of nitrogens with two attached hydrogens (primary N) is 1. The molecular formula is C7H9N3OS. The molecule has 0 aliphatic carbocycles. The normalized spacial score (nSPS) is 13.8. The number of aliphatic hydroxyl groups is 1. The van der Waals surface area contributed by atoms with Gasteiger partial charge in [-0.2, -0.15) is 0 Å². The van der Waals surface area contributed by atoms with E-state index in [0.29, 0.717) is 0 Å². The van der Waals surface area contributed by atoms with E-state index in [-0.39, 0.29) is 12.6 Å². The van der Waals surface area contributed by atoms with Gasteiger partial charge in [-0.05, 0) is 0 Å². The molecule has 0 fully saturated rings. The van der Waals surface area contributed by atoms with Gasteiger partial charge in [0, 0.05) is 11.1 Å². The zero-order valence-electron chi connectivity index (χ0n) is 6.34. The predicted molar refractivity (Wildman–Crippen MR) is 47.1 cm³/mol. The Labute approximate surface area is 73.3 Å². The highest BCUT2D eigenvalue weighted by Crippen LogP contribution is 2.21. The fraction of sp³-hybridized carbons (Fsp3) is 0.286. The molecule has 0 saturated carbocycles. The predicted octanol–water partition coefficient (Wildman–Crippen LogP) is 0.388. The third-order valence-corrected chi connectivity index (χ3v) is 2.85. The van der Waals surface area contributed by atoms with Gasteiger partial charge in [0.15, 0.2) is 0 Å². The molecule has 0 saturated heterocycles. The van der Waals surface area contributed by atoms with Gasteiger partial charge in [-0.3, -0.25) is 4.40 Å². The maximum Gasteiger partial charge on any atom is 0.119 e. The molecule has 0 unspecified atom stereocenters. The molecule has 2 rings (SSSR count). The highest BCUT2D eigenvalue weighted by atomic mass is 32.1. The molecule has 0 radical (unpaired) electrons. The minimum Gasteiger partial charge on any atom is -0.394 e. The van der Waals surface area contributed by atoms with Crippen LogP contribution in [0.3, 0.4) is 0 Å². The molecule has 4 nitrogen and oxygen atoms in total. The van der Waals surface area contributed by atoms with E-state index >= 15 is 0 Å². The molecule has 0 spiro atoms. The topological polar surface area (TPSA) is 63.5 Å². The summed E-state index contributed by atoms with van der Waals surface area (Å²) in [6.45, 7) is -0.0168. The van der Waals surface area contributed by atoms with Gasteiger partial charge in [0.25, 0.3) is 0 Å². The summed E-state index contributed by atoms with van der Waals surface area (Å²) in [5.41, 5.74) is 5.64. The van der Waals surface area contributed by atoms with E-state index in [9.17, 15) is 0 Å². The third-order valence-electron chi connectivity index (χ3n) is 1.68. The summed E-state index contributed by atoms with van der Waals surface area (Å²) >= 11 is 1.55. The quantitative estimate of drug-likeness (QED) is 0.707. The second-order valence-corrected chi connectivity index (χ2v) is 3.66. The fourth-order valence-corrected chi connectivity index (χ4v) is 1.97. The van der Waals surface area contributed by atoms with Crippen LogP contribution in [0.1, 0.15) is 10.9 Å². The molecule has 12 heavy (non-hydrogen) atoms. The number of nitrogens with zero attached hydrogens (tertiary/aromatic N) is 2. The third kappa shape index (κ3) is 1.12. The van der Waals surface area contributed by atoms with Crippen LogP contribution in [0.2, 0.25) is 0 Å². The summed E-state index contributed by atoms with van der Waals surface area (Å²) in [6.07, 6.45) is 5.39. The van der Waals surface area contributed by atoms with Crippen molar-refractivity contribution in [1.82, 2.24) is 9.38 Å². The van der Waals surface area contributed by atoms with Crippen molar-refractivity contribution in [3.8, 4) is 0 Å². The minimum absolute atomic E-state index is 0.0168. The monoisotopic (exact) mass is 183 g/mol. The van der Waals surface area contributed by atoms with Crippen molar-refractivity contribution in [2.24, 2.45) is 5.73 Å². The Bertz CT molecular complexity index is 352. The molecule has 64 valence electrons. The van der Waals surface area contributed by atoms with Gasteiger partial charge >= 0.3 is 0 Å². The molecule has 5 heteroatoms. The van der Waals surface area contributed by atoms with E-state index < -0.39 is 0 Å². The van der Waals surface area contributed by atoms with Crippen LogP contribution in [-0.2, 0) is 0 Å². The van der Waals surface area contributed by atoms with Crippen molar-refractivity contribution in [3.05, 3.63) is 23.6 Å². The standard InChI is InChI=1S/C7H9N3OS/c8-5(3-11)6-2-10-4-9-1-7(10)12-6/h1-2,4-5,11H,3,8H2/t5-/m1/s1. The van der Waals surface area contributed by atoms with E-state index in [4.69, 9.17) is 10.8 Å². The summed E-state index contributed by atoms with van der Waals surface area (Å²) in [5, 5.41) is 8.81. The molecule has 0 aromatic carbocycles. The zero-order valence-corrected chi connectivity index (χ0v) is 7.16. The Kier molecular flexibility index (Phi) is 1.84. The Morgan fingerprint density at radius 3 is 3.25 bits per heavy atom. The largest absolute Gasteiger partial charge is 0.394 e. The first-order chi connectivity index (χ1) is 5.81. The second kappa shape index (κ2) is 2.85. The highest BCUT2D eigenvalue weighted by molar-refractivity contribution is 7.17. The van der Waals surface area contributed by atoms with Crippen molar-refractivity contribution in [2.75, 3.05) is 6.61 Å². The molecular weight excluding hydrogens is 174 g/mol. The SMILES string of the molecule is N[C@H](CO)c1cn2cncc2s1. The zero-order chi connectivity index (χ0) is 8.55. The number of hydrogen-bond acceptors (Lipinski definition) is 4. The molecule has 0 aliphatic heterocycles. The molecule has 2 aromatic heterocycles. The van der Waals surface area contributed by atoms with E-state index in [0.717, 1.165) is 9.71 Å². The van der Waals surface area contributed by atoms with Gasteiger partial charge in [0.05, 0.1) is 25.2 Å². The van der Waals surface area contributed by atoms with Gasteiger partial charge < -0.3 is 10.8 Å². The maximum atomic E-state index is 8.81. The number of hydrogen-bond donors (Lipinski definition) is 2. The van der Waals surface area contributed by atoms with Crippen LogP contribution in [0.4, 0.5) is 0 Å². The number of thiazole rings is 1. The van der Waals surface area contributed by atoms with Gasteiger partial charge in [0.2, 0.25) is 0 Å². The molecule has 3 N–H and O–H groups in total. The number of aliphatic hydroxyl groups excluding tert-OH is 1. The van der Waals surface area contributed by atoms with Crippen molar-refractivity contribution in [3.63, 3.8) is 0 Å². The minimum atomic E-state index is -0.269. The maximum absolute atomic E-state index is 8.81. The van der Waals surface area contributed by atoms with Crippen molar-refractivity contribution >= 4 is 16.2 Å². The van der Waals surface area contributed by atoms with Crippen molar-refractivity contribution in [1.29, 1.82) is 0 Å². The number of rotatable bonds is 2. The summed E-state index contributed by atoms with van der Waals surface area (Å²) in [4.78, 5) is 5.99. The van der Waals surface area contributed by atoms with Gasteiger partial charge in [-0.1, -0.05) is 0 Å². The van der Waals surface area contributed by atoms with Crippen LogP contribution in [0.25, 0.3) is 4.83 Å². The lowest BCUT2D eigenvalue weighted by Crippen LogP contribution is -2.12. The van der Waals surface area contributed by atoms with Crippen LogP contribution >= 0.6 is 11.3 Å². The summed E-state index contributed by atoms with van der Waals surface area (Å²) in [6, 6.07) is -0.269. The molecule has 0 bridgehead atoms. The Morgan fingerprint density at radius 1 is 1.75 bits per heavy atom. The highest BCUT2D eigenvalue weighted by Gasteiger charge is 2.08. The molecule has 1 atom stereocenters. The van der Waals surface area contributed by atoms with E-state index in [1.165, 1.54) is 0 Å². The lowest BCUT2D eigenvalue weighted by Gasteiger charge is -2.01. The first kappa shape index (κ1) is 7.72. The van der Waals surface area contributed by atoms with Gasteiger partial charge in [0.1, 0.15) is 4.83 Å². The van der Waals surface area contributed by atoms with Gasteiger partial charge in [-0.15, -0.1) is 11.3 Å². The van der Waals surface area contributed by atoms with Crippen LogP contribution < -0.4 is 5.73 Å². The van der Waals surface area contributed by atoms with E-state index in [2.05, 4.69) is 4.98 Å². The molecule has 2 aromatic rings. The Morgan fingerprint density at radius 2 is 2.58 bits per heavy atom. The second-order valence-electron chi connectivity index (χ2n) is 2.56. The lowest BCUT2D eigenvalue weighted by molar-refractivity contribution is 0.269. The number of aromatic nitrogens is 2. The van der Waals surface area contributed by atoms with E-state index in [1.807, 2.05) is 10.6 Å². The Balaban J connectivity index is 2.44. The first-order valence-corrected chi connectivity index (χ1v) is 4.40. The van der Waals surface area contributed by atoms with Crippen LogP contribution in [0, 0.1) is 0 Å². The molecule has 0 aliphatic rings. The molecule has 0 amide bonds. The van der Waals surface area contributed by atoms with Crippen LogP contribution in [-0.4, -0.2) is 21.1 Å². The number of fused-ring (bicyclic) bond motifs is 1. The average molecular weight is 183 g/mol. The summed E-state index contributed by atoms with van der Waals surface area (Å²) < 4.78 is 1.90. The smallest absolute Gasteiger partial charge is 0.119 e. The average Bonchev–Trinajstić information content (AvgIpc) is 2.60. The van der Waals surface area contributed by atoms with Crippen LogP contribution in [0.15, 0.2) is 18.7 Å².